The van der Waals surface area contributed by atoms with Crippen LogP contribution in [0.2, 0.25) is 0 Å². The SMILES string of the molecule is Cn1cc(Br)cc1C(=O)Nc1ccncc1F. The largest absolute Gasteiger partial charge is 0.345 e. The molecular formula is C11H9BrFN3O. The molecule has 1 amide bonds. The molecule has 0 atom stereocenters. The van der Waals surface area contributed by atoms with Gasteiger partial charge in [0.15, 0.2) is 5.82 Å². The number of rotatable bonds is 2. The van der Waals surface area contributed by atoms with Gasteiger partial charge in [0.05, 0.1) is 11.9 Å². The van der Waals surface area contributed by atoms with Crippen molar-refractivity contribution in [2.75, 3.05) is 5.32 Å². The lowest BCUT2D eigenvalue weighted by Crippen LogP contribution is -2.16. The summed E-state index contributed by atoms with van der Waals surface area (Å²) in [6.07, 6.45) is 4.22. The van der Waals surface area contributed by atoms with Gasteiger partial charge in [-0.2, -0.15) is 0 Å². The second kappa shape index (κ2) is 4.67. The van der Waals surface area contributed by atoms with Crippen LogP contribution in [0.5, 0.6) is 0 Å². The molecule has 2 heterocycles. The molecule has 0 spiro atoms. The Morgan fingerprint density at radius 1 is 1.59 bits per heavy atom. The maximum Gasteiger partial charge on any atom is 0.272 e. The van der Waals surface area contributed by atoms with Gasteiger partial charge in [0.2, 0.25) is 0 Å². The molecule has 4 nitrogen and oxygen atoms in total. The highest BCUT2D eigenvalue weighted by molar-refractivity contribution is 9.10. The Hall–Kier alpha value is -1.69. The van der Waals surface area contributed by atoms with Crippen LogP contribution >= 0.6 is 15.9 Å². The molecule has 0 radical (unpaired) electrons. The molecule has 17 heavy (non-hydrogen) atoms. The normalized spacial score (nSPS) is 10.3. The number of carbonyl (C=O) groups is 1. The fourth-order valence-electron chi connectivity index (χ4n) is 1.41. The summed E-state index contributed by atoms with van der Waals surface area (Å²) in [5, 5.41) is 2.49. The monoisotopic (exact) mass is 297 g/mol. The van der Waals surface area contributed by atoms with E-state index in [0.29, 0.717) is 5.69 Å². The second-order valence-electron chi connectivity index (χ2n) is 3.46. The van der Waals surface area contributed by atoms with E-state index < -0.39 is 5.82 Å². The third-order valence-corrected chi connectivity index (χ3v) is 2.66. The lowest BCUT2D eigenvalue weighted by Gasteiger charge is -2.06. The summed E-state index contributed by atoms with van der Waals surface area (Å²) in [6.45, 7) is 0. The highest BCUT2D eigenvalue weighted by Crippen LogP contribution is 2.16. The number of hydrogen-bond donors (Lipinski definition) is 1. The van der Waals surface area contributed by atoms with E-state index in [2.05, 4.69) is 26.2 Å². The van der Waals surface area contributed by atoms with Crippen LogP contribution in [-0.4, -0.2) is 15.5 Å². The van der Waals surface area contributed by atoms with Crippen LogP contribution in [-0.2, 0) is 7.05 Å². The Labute approximate surface area is 106 Å². The number of halogens is 2. The molecular weight excluding hydrogens is 289 g/mol. The molecule has 0 aliphatic carbocycles. The summed E-state index contributed by atoms with van der Waals surface area (Å²) in [5.41, 5.74) is 0.551. The van der Waals surface area contributed by atoms with Gasteiger partial charge >= 0.3 is 0 Å². The fourth-order valence-corrected chi connectivity index (χ4v) is 1.94. The first kappa shape index (κ1) is 11.8. The van der Waals surface area contributed by atoms with Crippen LogP contribution in [0.15, 0.2) is 35.2 Å². The van der Waals surface area contributed by atoms with Crippen molar-refractivity contribution in [3.63, 3.8) is 0 Å². The summed E-state index contributed by atoms with van der Waals surface area (Å²) < 4.78 is 15.7. The molecule has 88 valence electrons. The van der Waals surface area contributed by atoms with Crippen LogP contribution in [0.1, 0.15) is 10.5 Å². The van der Waals surface area contributed by atoms with Gasteiger partial charge in [0, 0.05) is 23.9 Å². The Morgan fingerprint density at radius 2 is 2.35 bits per heavy atom. The van der Waals surface area contributed by atoms with Crippen molar-refractivity contribution in [2.24, 2.45) is 7.05 Å². The number of amides is 1. The molecule has 2 aromatic heterocycles. The number of aromatic nitrogens is 2. The molecule has 1 N–H and O–H groups in total. The number of aryl methyl sites for hydroxylation is 1. The van der Waals surface area contributed by atoms with Gasteiger partial charge in [0.25, 0.3) is 5.91 Å². The van der Waals surface area contributed by atoms with E-state index in [4.69, 9.17) is 0 Å². The first-order valence-electron chi connectivity index (χ1n) is 4.80. The summed E-state index contributed by atoms with van der Waals surface area (Å²) in [6, 6.07) is 3.07. The maximum atomic E-state index is 13.3. The second-order valence-corrected chi connectivity index (χ2v) is 4.38. The van der Waals surface area contributed by atoms with Crippen molar-refractivity contribution >= 4 is 27.5 Å². The first-order chi connectivity index (χ1) is 8.08. The van der Waals surface area contributed by atoms with E-state index in [1.54, 1.807) is 23.9 Å². The summed E-state index contributed by atoms with van der Waals surface area (Å²) in [4.78, 5) is 15.5. The summed E-state index contributed by atoms with van der Waals surface area (Å²) in [7, 11) is 1.74. The van der Waals surface area contributed by atoms with E-state index in [1.165, 1.54) is 12.3 Å². The van der Waals surface area contributed by atoms with Crippen molar-refractivity contribution in [3.05, 3.63) is 46.7 Å². The molecule has 2 rings (SSSR count). The lowest BCUT2D eigenvalue weighted by molar-refractivity contribution is 0.101. The smallest absolute Gasteiger partial charge is 0.272 e. The predicted octanol–water partition coefficient (Wildman–Crippen LogP) is 2.57. The van der Waals surface area contributed by atoms with Crippen molar-refractivity contribution < 1.29 is 9.18 Å². The zero-order chi connectivity index (χ0) is 12.4. The van der Waals surface area contributed by atoms with Gasteiger partial charge in [-0.3, -0.25) is 9.78 Å². The van der Waals surface area contributed by atoms with Crippen LogP contribution < -0.4 is 5.32 Å². The predicted molar refractivity (Wildman–Crippen MR) is 65.3 cm³/mol. The van der Waals surface area contributed by atoms with E-state index >= 15 is 0 Å². The number of carbonyl (C=O) groups excluding carboxylic acids is 1. The van der Waals surface area contributed by atoms with Crippen molar-refractivity contribution in [1.82, 2.24) is 9.55 Å². The minimum absolute atomic E-state index is 0.113. The highest BCUT2D eigenvalue weighted by atomic mass is 79.9. The minimum atomic E-state index is -0.561. The number of nitrogens with zero attached hydrogens (tertiary/aromatic N) is 2. The van der Waals surface area contributed by atoms with E-state index in [1.807, 2.05) is 0 Å². The van der Waals surface area contributed by atoms with Crippen molar-refractivity contribution in [1.29, 1.82) is 0 Å². The van der Waals surface area contributed by atoms with Crippen molar-refractivity contribution in [3.8, 4) is 0 Å². The van der Waals surface area contributed by atoms with E-state index in [-0.39, 0.29) is 11.6 Å². The Morgan fingerprint density at radius 3 is 2.94 bits per heavy atom. The Balaban J connectivity index is 2.23. The number of pyridine rings is 1. The van der Waals surface area contributed by atoms with Gasteiger partial charge in [-0.25, -0.2) is 4.39 Å². The van der Waals surface area contributed by atoms with Gasteiger partial charge in [-0.1, -0.05) is 0 Å². The molecule has 0 saturated heterocycles. The summed E-state index contributed by atoms with van der Waals surface area (Å²) >= 11 is 3.27. The number of anilines is 1. The first-order valence-corrected chi connectivity index (χ1v) is 5.60. The molecule has 6 heteroatoms. The molecule has 0 fully saturated rings. The standard InChI is InChI=1S/C11H9BrFN3O/c1-16-6-7(12)4-10(16)11(17)15-9-2-3-14-5-8(9)13/h2-6H,1H3,(H,14,15,17). The van der Waals surface area contributed by atoms with Gasteiger partial charge in [0.1, 0.15) is 5.69 Å². The number of hydrogen-bond acceptors (Lipinski definition) is 2. The van der Waals surface area contributed by atoms with Crippen LogP contribution in [0.4, 0.5) is 10.1 Å². The maximum absolute atomic E-state index is 13.3. The van der Waals surface area contributed by atoms with E-state index in [9.17, 15) is 9.18 Å². The molecule has 2 aromatic rings. The molecule has 0 aliphatic rings. The average molecular weight is 298 g/mol. The zero-order valence-corrected chi connectivity index (χ0v) is 10.5. The molecule has 0 saturated carbocycles. The third kappa shape index (κ3) is 2.52. The topological polar surface area (TPSA) is 46.9 Å². The number of nitrogens with one attached hydrogen (secondary N) is 1. The summed E-state index contributed by atoms with van der Waals surface area (Å²) in [5.74, 6) is -0.933. The molecule has 0 bridgehead atoms. The quantitative estimate of drug-likeness (QED) is 0.926. The van der Waals surface area contributed by atoms with Crippen LogP contribution in [0.25, 0.3) is 0 Å². The lowest BCUT2D eigenvalue weighted by atomic mass is 10.3. The fraction of sp³-hybridized carbons (Fsp3) is 0.0909. The van der Waals surface area contributed by atoms with Crippen LogP contribution in [0.3, 0.4) is 0 Å². The Kier molecular flexibility index (Phi) is 3.23. The van der Waals surface area contributed by atoms with Gasteiger partial charge < -0.3 is 9.88 Å². The molecule has 0 aliphatic heterocycles. The van der Waals surface area contributed by atoms with Gasteiger partial charge in [-0.15, -0.1) is 0 Å². The molecule has 0 aromatic carbocycles. The Bertz CT molecular complexity index is 568. The van der Waals surface area contributed by atoms with Crippen molar-refractivity contribution in [2.45, 2.75) is 0 Å². The van der Waals surface area contributed by atoms with E-state index in [0.717, 1.165) is 10.7 Å². The van der Waals surface area contributed by atoms with Crippen LogP contribution in [0, 0.1) is 5.82 Å². The average Bonchev–Trinajstić information content (AvgIpc) is 2.61. The third-order valence-electron chi connectivity index (χ3n) is 2.22. The zero-order valence-electron chi connectivity index (χ0n) is 8.95. The van der Waals surface area contributed by atoms with Gasteiger partial charge in [-0.05, 0) is 28.1 Å². The highest BCUT2D eigenvalue weighted by Gasteiger charge is 2.12. The molecule has 0 unspecified atom stereocenters. The minimum Gasteiger partial charge on any atom is -0.345 e.